The normalized spacial score (nSPS) is 21.4. The Morgan fingerprint density at radius 1 is 0.646 bits per heavy atom. The van der Waals surface area contributed by atoms with E-state index in [4.69, 9.17) is 25.0 Å². The Balaban J connectivity index is 0. The van der Waals surface area contributed by atoms with Gasteiger partial charge in [0.25, 0.3) is 0 Å². The van der Waals surface area contributed by atoms with Crippen LogP contribution in [0.4, 0.5) is 0 Å². The third-order valence-electron chi connectivity index (χ3n) is 7.50. The molecule has 16 heteroatoms. The molecule has 2 heterocycles. The van der Waals surface area contributed by atoms with Gasteiger partial charge in [0.05, 0.1) is 55.4 Å². The first kappa shape index (κ1) is 49.2. The number of hydrogen-bond acceptors (Lipinski definition) is 13. The number of carboxylic acid groups (broad SMARTS) is 3. The van der Waals surface area contributed by atoms with Crippen LogP contribution in [0.5, 0.6) is 0 Å². The first-order chi connectivity index (χ1) is 20.7. The minimum absolute atomic E-state index is 0. The molecule has 15 nitrogen and oxygen atoms in total. The Labute approximate surface area is 307 Å². The molecule has 2 aliphatic rings. The van der Waals surface area contributed by atoms with E-state index in [9.17, 15) is 39.9 Å². The Morgan fingerprint density at radius 3 is 1.04 bits per heavy atom. The van der Waals surface area contributed by atoms with Crippen molar-refractivity contribution in [3.63, 3.8) is 0 Å². The second kappa shape index (κ2) is 18.0. The Morgan fingerprint density at radius 2 is 0.875 bits per heavy atom. The van der Waals surface area contributed by atoms with Crippen LogP contribution in [0.2, 0.25) is 0 Å². The van der Waals surface area contributed by atoms with Crippen molar-refractivity contribution in [3.8, 4) is 0 Å². The number of carbonyl (C=O) groups is 3. The zero-order chi connectivity index (χ0) is 37.6. The molecule has 0 aromatic rings. The Kier molecular flexibility index (Phi) is 18.4. The van der Waals surface area contributed by atoms with Gasteiger partial charge in [0, 0.05) is 22.2 Å². The van der Waals surface area contributed by atoms with E-state index in [1.54, 1.807) is 27.7 Å². The largest absolute Gasteiger partial charge is 1.00 e. The maximum atomic E-state index is 10.2. The van der Waals surface area contributed by atoms with E-state index >= 15 is 0 Å². The molecule has 0 amide bonds. The molecule has 0 bridgehead atoms. The van der Waals surface area contributed by atoms with Crippen LogP contribution in [0, 0.1) is 0 Å². The molecule has 0 saturated carbocycles. The van der Waals surface area contributed by atoms with E-state index in [0.29, 0.717) is 25.7 Å². The molecule has 0 atom stereocenters. The zero-order valence-electron chi connectivity index (χ0n) is 31.3. The molecule has 0 aliphatic carbocycles. The van der Waals surface area contributed by atoms with E-state index in [1.165, 1.54) is 0 Å². The van der Waals surface area contributed by atoms with Crippen molar-refractivity contribution in [3.05, 3.63) is 0 Å². The first-order valence-corrected chi connectivity index (χ1v) is 15.7. The molecular formula is C32H61N2NaO13. The molecule has 278 valence electrons. The van der Waals surface area contributed by atoms with Crippen LogP contribution in [0.25, 0.3) is 0 Å². The summed E-state index contributed by atoms with van der Waals surface area (Å²) in [5.41, 5.74) is -5.46. The number of carboxylic acids is 3. The maximum absolute atomic E-state index is 10.2. The predicted molar refractivity (Wildman–Crippen MR) is 169 cm³/mol. The second-order valence-electron chi connectivity index (χ2n) is 16.6. The van der Waals surface area contributed by atoms with Crippen molar-refractivity contribution < 1.29 is 94.5 Å². The maximum Gasteiger partial charge on any atom is 1.00 e. The van der Waals surface area contributed by atoms with Crippen LogP contribution in [-0.4, -0.2) is 128 Å². The number of hydroxylamine groups is 4. The summed E-state index contributed by atoms with van der Waals surface area (Å²) in [6, 6.07) is 0. The minimum atomic E-state index is -2.85. The molecule has 7 N–H and O–H groups in total. The summed E-state index contributed by atoms with van der Waals surface area (Å²) in [7, 11) is 0. The monoisotopic (exact) mass is 704 g/mol. The average molecular weight is 705 g/mol. The third kappa shape index (κ3) is 17.3. The standard InChI is InChI=1S/2C13H27NO3.C6H8O7.Na/c2*1-11(2)7-10(15)8-12(3,4)14(11)17-9-13(5,6)16;7-3(8)1-6(13,5(11)12)2-4(9)10;/h2*10,15-16H,7-9H2,1-6H3;13H,1-2H2,(H,7,8)(H,9,10)(H,11,12);/q;;;+1/p-1. The van der Waals surface area contributed by atoms with Crippen molar-refractivity contribution in [1.29, 1.82) is 0 Å². The fraction of sp³-hybridized carbons (Fsp3) is 0.906. The predicted octanol–water partition coefficient (Wildman–Crippen LogP) is -2.17. The summed E-state index contributed by atoms with van der Waals surface area (Å²) in [6.45, 7) is 23.9. The summed E-state index contributed by atoms with van der Waals surface area (Å²) < 4.78 is 0. The molecule has 0 aromatic heterocycles. The first-order valence-electron chi connectivity index (χ1n) is 15.7. The molecule has 2 fully saturated rings. The van der Waals surface area contributed by atoms with Gasteiger partial charge in [-0.2, -0.15) is 10.1 Å². The topological polar surface area (TPSA) is 241 Å². The molecule has 0 unspecified atom stereocenters. The molecule has 2 aliphatic heterocycles. The van der Waals surface area contributed by atoms with E-state index < -0.39 is 47.6 Å². The summed E-state index contributed by atoms with van der Waals surface area (Å²) in [5.74, 6) is -5.35. The molecular weight excluding hydrogens is 643 g/mol. The van der Waals surface area contributed by atoms with Gasteiger partial charge < -0.3 is 45.6 Å². The number of aliphatic hydroxyl groups excluding tert-OH is 2. The van der Waals surface area contributed by atoms with E-state index in [1.807, 2.05) is 10.1 Å². The zero-order valence-corrected chi connectivity index (χ0v) is 33.3. The smallest absolute Gasteiger partial charge is 0.547 e. The molecule has 2 saturated heterocycles. The molecule has 0 radical (unpaired) electrons. The van der Waals surface area contributed by atoms with Crippen molar-refractivity contribution >= 4 is 17.9 Å². The number of aliphatic carboxylic acids is 3. The van der Waals surface area contributed by atoms with Gasteiger partial charge in [0.2, 0.25) is 0 Å². The summed E-state index contributed by atoms with van der Waals surface area (Å²) in [6.07, 6.45) is -0.262. The summed E-state index contributed by atoms with van der Waals surface area (Å²) >= 11 is 0. The van der Waals surface area contributed by atoms with Crippen molar-refractivity contribution in [2.75, 3.05) is 13.2 Å². The third-order valence-corrected chi connectivity index (χ3v) is 7.50. The number of aliphatic hydroxyl groups is 5. The van der Waals surface area contributed by atoms with Gasteiger partial charge in [0.1, 0.15) is 5.60 Å². The average Bonchev–Trinajstić information content (AvgIpc) is 2.73. The Bertz CT molecular complexity index is 944. The van der Waals surface area contributed by atoms with Crippen LogP contribution < -0.4 is 34.7 Å². The second-order valence-corrected chi connectivity index (χ2v) is 16.6. The number of carbonyl (C=O) groups excluding carboxylic acids is 1. The van der Waals surface area contributed by atoms with Gasteiger partial charge in [-0.1, -0.05) is 0 Å². The van der Waals surface area contributed by atoms with Gasteiger partial charge in [0.15, 0.2) is 0 Å². The van der Waals surface area contributed by atoms with Crippen LogP contribution in [-0.2, 0) is 24.1 Å². The number of rotatable bonds is 11. The fourth-order valence-corrected chi connectivity index (χ4v) is 6.27. The molecule has 0 aromatic carbocycles. The summed E-state index contributed by atoms with van der Waals surface area (Å²) in [4.78, 5) is 41.9. The molecule has 0 spiro atoms. The van der Waals surface area contributed by atoms with E-state index in [-0.39, 0.29) is 77.1 Å². The number of piperidine rings is 2. The van der Waals surface area contributed by atoms with Crippen LogP contribution in [0.3, 0.4) is 0 Å². The summed E-state index contributed by atoms with van der Waals surface area (Å²) in [5, 5.41) is 78.7. The Hall–Kier alpha value is -0.950. The minimum Gasteiger partial charge on any atom is -0.547 e. The van der Waals surface area contributed by atoms with Gasteiger partial charge in [-0.15, -0.1) is 0 Å². The van der Waals surface area contributed by atoms with Crippen LogP contribution >= 0.6 is 0 Å². The van der Waals surface area contributed by atoms with E-state index in [2.05, 4.69) is 55.4 Å². The number of nitrogens with zero attached hydrogens (tertiary/aromatic N) is 2. The molecule has 48 heavy (non-hydrogen) atoms. The fourth-order valence-electron chi connectivity index (χ4n) is 6.27. The van der Waals surface area contributed by atoms with Gasteiger partial charge in [-0.25, -0.2) is 0 Å². The van der Waals surface area contributed by atoms with Crippen molar-refractivity contribution in [2.45, 2.75) is 173 Å². The van der Waals surface area contributed by atoms with Crippen molar-refractivity contribution in [1.82, 2.24) is 10.1 Å². The van der Waals surface area contributed by atoms with Gasteiger partial charge >= 0.3 is 41.5 Å². The van der Waals surface area contributed by atoms with Gasteiger partial charge in [-0.3, -0.25) is 19.3 Å². The van der Waals surface area contributed by atoms with Crippen LogP contribution in [0.15, 0.2) is 0 Å². The molecule has 2 rings (SSSR count). The number of hydrogen-bond donors (Lipinski definition) is 7. The SMILES string of the molecule is CC(C)(O)CON1C(C)(C)CC(O)CC1(C)C.CC(C)(O)CON1C(C)(C)CC(O)CC1(C)C.O=C(O)CC(O)(CC(=O)O)C(=O)[O-].[Na+]. The van der Waals surface area contributed by atoms with Crippen molar-refractivity contribution in [2.24, 2.45) is 0 Å². The van der Waals surface area contributed by atoms with Crippen LogP contribution in [0.1, 0.15) is 122 Å². The van der Waals surface area contributed by atoms with E-state index in [0.717, 1.165) is 0 Å². The quantitative estimate of drug-likeness (QED) is 0.113. The van der Waals surface area contributed by atoms with Gasteiger partial charge in [-0.05, 0) is 109 Å².